The quantitative estimate of drug-likeness (QED) is 0.791. The van der Waals surface area contributed by atoms with Gasteiger partial charge in [0.25, 0.3) is 0 Å². The summed E-state index contributed by atoms with van der Waals surface area (Å²) in [4.78, 5) is 0. The smallest absolute Gasteiger partial charge is 0.214 e. The molecule has 0 fully saturated rings. The Kier molecular flexibility index (Phi) is 5.25. The van der Waals surface area contributed by atoms with Crippen molar-refractivity contribution in [3.05, 3.63) is 35.1 Å². The molecule has 0 unspecified atom stereocenters. The average Bonchev–Trinajstić information content (AvgIpc) is 2.29. The lowest BCUT2D eigenvalue weighted by atomic mass is 10.1. The molecule has 0 spiro atoms. The molecule has 18 heavy (non-hydrogen) atoms. The highest BCUT2D eigenvalue weighted by molar-refractivity contribution is 7.89. The lowest BCUT2D eigenvalue weighted by molar-refractivity contribution is 0.517. The second-order valence-corrected chi connectivity index (χ2v) is 6.66. The summed E-state index contributed by atoms with van der Waals surface area (Å²) in [5, 5.41) is 3.03. The largest absolute Gasteiger partial charge is 0.312 e. The highest BCUT2D eigenvalue weighted by Gasteiger charge is 2.12. The Bertz CT molecular complexity index is 501. The maximum atomic E-state index is 13.0. The highest BCUT2D eigenvalue weighted by Crippen LogP contribution is 2.08. The van der Waals surface area contributed by atoms with E-state index in [9.17, 15) is 12.8 Å². The maximum absolute atomic E-state index is 13.0. The molecule has 102 valence electrons. The summed E-state index contributed by atoms with van der Waals surface area (Å²) in [6.07, 6.45) is 0. The van der Waals surface area contributed by atoms with E-state index < -0.39 is 10.0 Å². The molecule has 0 aromatic heterocycles. The van der Waals surface area contributed by atoms with Gasteiger partial charge in [-0.1, -0.05) is 12.1 Å². The van der Waals surface area contributed by atoms with Gasteiger partial charge in [-0.2, -0.15) is 0 Å². The van der Waals surface area contributed by atoms with E-state index in [-0.39, 0.29) is 11.6 Å². The van der Waals surface area contributed by atoms with Crippen LogP contribution in [0.15, 0.2) is 18.2 Å². The zero-order valence-electron chi connectivity index (χ0n) is 10.9. The van der Waals surface area contributed by atoms with Crippen LogP contribution in [0.25, 0.3) is 0 Å². The molecule has 0 atom stereocenters. The van der Waals surface area contributed by atoms with E-state index in [1.54, 1.807) is 19.1 Å². The van der Waals surface area contributed by atoms with E-state index in [0.717, 1.165) is 5.56 Å². The first-order valence-electron chi connectivity index (χ1n) is 5.69. The predicted octanol–water partition coefficient (Wildman–Crippen LogP) is 1.12. The molecule has 0 saturated heterocycles. The van der Waals surface area contributed by atoms with Crippen LogP contribution in [-0.4, -0.2) is 39.1 Å². The first kappa shape index (κ1) is 15.1. The van der Waals surface area contributed by atoms with Gasteiger partial charge in [-0.05, 0) is 24.1 Å². The van der Waals surface area contributed by atoms with E-state index in [0.29, 0.717) is 18.7 Å². The van der Waals surface area contributed by atoms with Crippen LogP contribution < -0.4 is 5.32 Å². The van der Waals surface area contributed by atoms with Gasteiger partial charge < -0.3 is 5.32 Å². The molecule has 6 heteroatoms. The van der Waals surface area contributed by atoms with Gasteiger partial charge in [-0.25, -0.2) is 17.1 Å². The number of nitrogens with zero attached hydrogens (tertiary/aromatic N) is 1. The third-order valence-electron chi connectivity index (χ3n) is 2.64. The summed E-state index contributed by atoms with van der Waals surface area (Å²) in [5.74, 6) is -0.172. The van der Waals surface area contributed by atoms with Gasteiger partial charge in [0, 0.05) is 27.2 Å². The van der Waals surface area contributed by atoms with Gasteiger partial charge in [0.1, 0.15) is 5.82 Å². The minimum absolute atomic E-state index is 0.0557. The third kappa shape index (κ3) is 4.36. The van der Waals surface area contributed by atoms with Crippen molar-refractivity contribution in [2.45, 2.75) is 13.5 Å². The lowest BCUT2D eigenvalue weighted by Gasteiger charge is -2.11. The second-order valence-electron chi connectivity index (χ2n) is 4.36. The normalized spacial score (nSPS) is 12.1. The molecule has 0 radical (unpaired) electrons. The Hall–Kier alpha value is -0.980. The van der Waals surface area contributed by atoms with E-state index in [1.807, 2.05) is 0 Å². The number of hydrogen-bond donors (Lipinski definition) is 1. The van der Waals surface area contributed by atoms with Crippen LogP contribution in [0.5, 0.6) is 0 Å². The first-order chi connectivity index (χ1) is 8.33. The second kappa shape index (κ2) is 6.26. The van der Waals surface area contributed by atoms with Crippen molar-refractivity contribution < 1.29 is 12.8 Å². The highest BCUT2D eigenvalue weighted by atomic mass is 32.2. The number of rotatable bonds is 6. The molecule has 0 amide bonds. The van der Waals surface area contributed by atoms with E-state index in [4.69, 9.17) is 0 Å². The summed E-state index contributed by atoms with van der Waals surface area (Å²) < 4.78 is 37.2. The number of benzene rings is 1. The molecule has 1 aromatic carbocycles. The summed E-state index contributed by atoms with van der Waals surface area (Å²) >= 11 is 0. The summed E-state index contributed by atoms with van der Waals surface area (Å²) in [5.41, 5.74) is 1.53. The van der Waals surface area contributed by atoms with E-state index >= 15 is 0 Å². The number of hydrogen-bond acceptors (Lipinski definition) is 3. The Balaban J connectivity index is 2.41. The summed E-state index contributed by atoms with van der Waals surface area (Å²) in [7, 11) is -0.132. The Morgan fingerprint density at radius 3 is 2.56 bits per heavy atom. The zero-order valence-corrected chi connectivity index (χ0v) is 11.7. The van der Waals surface area contributed by atoms with E-state index in [1.165, 1.54) is 24.5 Å². The average molecular weight is 274 g/mol. The molecule has 0 aliphatic heterocycles. The standard InChI is InChI=1S/C12H19FN2O2S/c1-10-8-11(4-5-12(10)13)9-14-6-7-18(16,17)15(2)3/h4-5,8,14H,6-7,9H2,1-3H3. The van der Waals surface area contributed by atoms with Gasteiger partial charge in [-0.15, -0.1) is 0 Å². The Labute approximate surface area is 108 Å². The first-order valence-corrected chi connectivity index (χ1v) is 7.30. The van der Waals surface area contributed by atoms with Gasteiger partial charge in [0.05, 0.1) is 5.75 Å². The molecule has 0 bridgehead atoms. The van der Waals surface area contributed by atoms with Crippen molar-refractivity contribution in [1.29, 1.82) is 0 Å². The fourth-order valence-corrected chi connectivity index (χ4v) is 2.20. The molecule has 0 saturated carbocycles. The predicted molar refractivity (Wildman–Crippen MR) is 70.3 cm³/mol. The van der Waals surface area contributed by atoms with Crippen LogP contribution in [0.2, 0.25) is 0 Å². The Morgan fingerprint density at radius 1 is 1.33 bits per heavy atom. The SMILES string of the molecule is Cc1cc(CNCCS(=O)(=O)N(C)C)ccc1F. The molecule has 1 rings (SSSR count). The van der Waals surface area contributed by atoms with Gasteiger partial charge in [0.2, 0.25) is 10.0 Å². The van der Waals surface area contributed by atoms with Crippen molar-refractivity contribution in [2.75, 3.05) is 26.4 Å². The molecule has 1 aromatic rings. The van der Waals surface area contributed by atoms with Crippen molar-refractivity contribution >= 4 is 10.0 Å². The van der Waals surface area contributed by atoms with Crippen LogP contribution in [0.1, 0.15) is 11.1 Å². The van der Waals surface area contributed by atoms with Crippen molar-refractivity contribution in [3.63, 3.8) is 0 Å². The molecular formula is C12H19FN2O2S. The number of aryl methyl sites for hydroxylation is 1. The van der Waals surface area contributed by atoms with Crippen LogP contribution in [0.3, 0.4) is 0 Å². The summed E-state index contributed by atoms with van der Waals surface area (Å²) in [6, 6.07) is 4.86. The van der Waals surface area contributed by atoms with Crippen molar-refractivity contribution in [2.24, 2.45) is 0 Å². The van der Waals surface area contributed by atoms with E-state index in [2.05, 4.69) is 5.32 Å². The third-order valence-corrected chi connectivity index (χ3v) is 4.48. The molecule has 0 heterocycles. The van der Waals surface area contributed by atoms with Crippen LogP contribution >= 0.6 is 0 Å². The molecular weight excluding hydrogens is 255 g/mol. The Morgan fingerprint density at radius 2 is 2.00 bits per heavy atom. The molecule has 4 nitrogen and oxygen atoms in total. The van der Waals surface area contributed by atoms with Crippen molar-refractivity contribution in [3.8, 4) is 0 Å². The van der Waals surface area contributed by atoms with Crippen LogP contribution in [0, 0.1) is 12.7 Å². The fraction of sp³-hybridized carbons (Fsp3) is 0.500. The number of sulfonamides is 1. The molecule has 0 aliphatic rings. The van der Waals surface area contributed by atoms with Crippen LogP contribution in [0.4, 0.5) is 4.39 Å². The zero-order chi connectivity index (χ0) is 13.8. The fourth-order valence-electron chi connectivity index (χ4n) is 1.43. The minimum atomic E-state index is -3.16. The molecule has 1 N–H and O–H groups in total. The topological polar surface area (TPSA) is 49.4 Å². The van der Waals surface area contributed by atoms with Gasteiger partial charge >= 0.3 is 0 Å². The summed E-state index contributed by atoms with van der Waals surface area (Å²) in [6.45, 7) is 2.61. The van der Waals surface area contributed by atoms with Gasteiger partial charge in [-0.3, -0.25) is 0 Å². The monoisotopic (exact) mass is 274 g/mol. The number of halogens is 1. The molecule has 0 aliphatic carbocycles. The maximum Gasteiger partial charge on any atom is 0.214 e. The van der Waals surface area contributed by atoms with Crippen LogP contribution in [-0.2, 0) is 16.6 Å². The van der Waals surface area contributed by atoms with Gasteiger partial charge in [0.15, 0.2) is 0 Å². The van der Waals surface area contributed by atoms with Crippen molar-refractivity contribution in [1.82, 2.24) is 9.62 Å². The lowest BCUT2D eigenvalue weighted by Crippen LogP contribution is -2.31. The minimum Gasteiger partial charge on any atom is -0.312 e. The number of nitrogens with one attached hydrogen (secondary N) is 1.